The van der Waals surface area contributed by atoms with Crippen LogP contribution in [0.25, 0.3) is 0 Å². The molecule has 0 radical (unpaired) electrons. The van der Waals surface area contributed by atoms with Crippen molar-refractivity contribution in [3.8, 4) is 0 Å². The molecule has 1 fully saturated rings. The van der Waals surface area contributed by atoms with E-state index in [2.05, 4.69) is 21.9 Å². The molecule has 1 aliphatic carbocycles. The van der Waals surface area contributed by atoms with Crippen LogP contribution in [0.5, 0.6) is 0 Å². The first-order chi connectivity index (χ1) is 11.6. The normalized spacial score (nSPS) is 23.0. The zero-order chi connectivity index (χ0) is 17.0. The van der Waals surface area contributed by atoms with Gasteiger partial charge in [-0.1, -0.05) is 42.5 Å². The van der Waals surface area contributed by atoms with Gasteiger partial charge in [-0.25, -0.2) is 8.78 Å². The number of hydrogen-bond donors (Lipinski definition) is 1. The first-order valence-electron chi connectivity index (χ1n) is 8.48. The van der Waals surface area contributed by atoms with Crippen molar-refractivity contribution in [1.82, 2.24) is 9.80 Å². The van der Waals surface area contributed by atoms with Crippen LogP contribution in [0.4, 0.5) is 8.78 Å². The Labute approximate surface area is 141 Å². The maximum atomic E-state index is 13.4. The fraction of sp³-hybridized carbons (Fsp3) is 0.474. The highest BCUT2D eigenvalue weighted by Gasteiger charge is 2.31. The van der Waals surface area contributed by atoms with Crippen LogP contribution >= 0.6 is 0 Å². The second-order valence-electron chi connectivity index (χ2n) is 6.42. The lowest BCUT2D eigenvalue weighted by Gasteiger charge is -2.40. The average molecular weight is 334 g/mol. The summed E-state index contributed by atoms with van der Waals surface area (Å²) in [5.41, 5.74) is 2.08. The van der Waals surface area contributed by atoms with Gasteiger partial charge >= 0.3 is 0 Å². The molecule has 1 atom stereocenters. The van der Waals surface area contributed by atoms with Gasteiger partial charge in [0.25, 0.3) is 5.92 Å². The number of rotatable bonds is 5. The number of nitrogens with zero attached hydrogens (tertiary/aromatic N) is 2. The first kappa shape index (κ1) is 17.3. The quantitative estimate of drug-likeness (QED) is 0.897. The fourth-order valence-electron chi connectivity index (χ4n) is 3.45. The molecule has 1 aromatic rings. The molecule has 1 aliphatic heterocycles. The van der Waals surface area contributed by atoms with Crippen LogP contribution in [0.2, 0.25) is 0 Å². The Kier molecular flexibility index (Phi) is 5.43. The van der Waals surface area contributed by atoms with Crippen LogP contribution in [0.1, 0.15) is 18.0 Å². The highest BCUT2D eigenvalue weighted by atomic mass is 19.3. The van der Waals surface area contributed by atoms with Gasteiger partial charge in [0, 0.05) is 39.1 Å². The molecule has 130 valence electrons. The molecule has 1 unspecified atom stereocenters. The molecule has 5 heteroatoms. The fourth-order valence-corrected chi connectivity index (χ4v) is 3.45. The van der Waals surface area contributed by atoms with Crippen molar-refractivity contribution in [2.75, 3.05) is 39.3 Å². The van der Waals surface area contributed by atoms with Crippen molar-refractivity contribution in [3.05, 3.63) is 59.7 Å². The van der Waals surface area contributed by atoms with Crippen molar-refractivity contribution in [2.24, 2.45) is 0 Å². The summed E-state index contributed by atoms with van der Waals surface area (Å²) in [7, 11) is 0. The molecule has 2 aliphatic rings. The number of β-amino-alcohol motifs (C(OH)–C–C–N with tert-alkyl or cyclic N) is 1. The predicted octanol–water partition coefficient (Wildman–Crippen LogP) is 2.86. The molecule has 1 N–H and O–H groups in total. The van der Waals surface area contributed by atoms with Gasteiger partial charge < -0.3 is 5.11 Å². The van der Waals surface area contributed by atoms with E-state index >= 15 is 0 Å². The van der Waals surface area contributed by atoms with E-state index in [1.54, 1.807) is 12.2 Å². The highest BCUT2D eigenvalue weighted by molar-refractivity contribution is 5.37. The lowest BCUT2D eigenvalue weighted by Crippen LogP contribution is -2.48. The molecule has 1 aromatic carbocycles. The first-order valence-corrected chi connectivity index (χ1v) is 8.48. The van der Waals surface area contributed by atoms with E-state index in [1.807, 2.05) is 18.2 Å². The van der Waals surface area contributed by atoms with Gasteiger partial charge in [0.1, 0.15) is 0 Å². The maximum Gasteiger partial charge on any atom is 0.270 e. The monoisotopic (exact) mass is 334 g/mol. The van der Waals surface area contributed by atoms with Gasteiger partial charge in [-0.3, -0.25) is 9.80 Å². The Morgan fingerprint density at radius 2 is 1.79 bits per heavy atom. The van der Waals surface area contributed by atoms with Crippen LogP contribution in [-0.4, -0.2) is 60.2 Å². The number of piperazine rings is 1. The van der Waals surface area contributed by atoms with E-state index in [0.717, 1.165) is 43.4 Å². The zero-order valence-electron chi connectivity index (χ0n) is 13.7. The van der Waals surface area contributed by atoms with Gasteiger partial charge in [0.05, 0.1) is 12.6 Å². The van der Waals surface area contributed by atoms with E-state index in [4.69, 9.17) is 5.11 Å². The van der Waals surface area contributed by atoms with Gasteiger partial charge in [-0.05, 0) is 17.2 Å². The molecule has 3 nitrogen and oxygen atoms in total. The largest absolute Gasteiger partial charge is 0.395 e. The van der Waals surface area contributed by atoms with Gasteiger partial charge in [-0.2, -0.15) is 0 Å². The number of aliphatic hydroxyl groups excluding tert-OH is 1. The van der Waals surface area contributed by atoms with Gasteiger partial charge in [-0.15, -0.1) is 0 Å². The molecule has 0 saturated carbocycles. The third-order valence-corrected chi connectivity index (χ3v) is 4.75. The van der Waals surface area contributed by atoms with Crippen LogP contribution < -0.4 is 0 Å². The summed E-state index contributed by atoms with van der Waals surface area (Å²) in [4.78, 5) is 4.58. The molecule has 0 bridgehead atoms. The zero-order valence-corrected chi connectivity index (χ0v) is 13.7. The number of allylic oxidation sites excluding steroid dienone is 2. The number of benzene rings is 1. The van der Waals surface area contributed by atoms with E-state index < -0.39 is 5.92 Å². The number of halogens is 2. The molecule has 0 amide bonds. The number of hydrogen-bond acceptors (Lipinski definition) is 3. The molecular formula is C19H24F2N2O. The van der Waals surface area contributed by atoms with Crippen LogP contribution in [0.15, 0.2) is 54.1 Å². The summed E-state index contributed by atoms with van der Waals surface area (Å²) in [5.74, 6) is -2.73. The third kappa shape index (κ3) is 4.09. The molecule has 24 heavy (non-hydrogen) atoms. The summed E-state index contributed by atoms with van der Waals surface area (Å²) >= 11 is 0. The molecule has 1 heterocycles. The summed E-state index contributed by atoms with van der Waals surface area (Å²) in [5, 5.41) is 9.08. The Morgan fingerprint density at radius 1 is 1.08 bits per heavy atom. The van der Waals surface area contributed by atoms with E-state index in [-0.39, 0.29) is 19.1 Å². The van der Waals surface area contributed by atoms with Crippen molar-refractivity contribution < 1.29 is 13.9 Å². The van der Waals surface area contributed by atoms with Crippen molar-refractivity contribution in [2.45, 2.75) is 18.4 Å². The minimum Gasteiger partial charge on any atom is -0.395 e. The standard InChI is InChI=1S/C19H24F2N2O/c20-19(21)8-6-17(7-9-19)18(16-4-2-1-3-5-16)23-12-10-22(11-13-23)14-15-24/h1-8,18,24H,9-15H2. The lowest BCUT2D eigenvalue weighted by atomic mass is 9.91. The topological polar surface area (TPSA) is 26.7 Å². The Bertz CT molecular complexity index is 593. The van der Waals surface area contributed by atoms with Crippen LogP contribution in [0.3, 0.4) is 0 Å². The van der Waals surface area contributed by atoms with Crippen molar-refractivity contribution in [3.63, 3.8) is 0 Å². The second-order valence-corrected chi connectivity index (χ2v) is 6.42. The molecular weight excluding hydrogens is 310 g/mol. The minimum atomic E-state index is -2.73. The molecule has 0 aromatic heterocycles. The Morgan fingerprint density at radius 3 is 2.38 bits per heavy atom. The van der Waals surface area contributed by atoms with Gasteiger partial charge in [0.2, 0.25) is 0 Å². The summed E-state index contributed by atoms with van der Waals surface area (Å²) in [6.45, 7) is 4.36. The lowest BCUT2D eigenvalue weighted by molar-refractivity contribution is 0.0555. The molecule has 0 spiro atoms. The van der Waals surface area contributed by atoms with Crippen molar-refractivity contribution in [1.29, 1.82) is 0 Å². The molecule has 3 rings (SSSR count). The van der Waals surface area contributed by atoms with Gasteiger partial charge in [0.15, 0.2) is 0 Å². The van der Waals surface area contributed by atoms with Crippen molar-refractivity contribution >= 4 is 0 Å². The minimum absolute atomic E-state index is 0.00910. The second kappa shape index (κ2) is 7.55. The summed E-state index contributed by atoms with van der Waals surface area (Å²) in [6, 6.07) is 10.1. The van der Waals surface area contributed by atoms with E-state index in [1.165, 1.54) is 0 Å². The third-order valence-electron chi connectivity index (χ3n) is 4.75. The highest BCUT2D eigenvalue weighted by Crippen LogP contribution is 2.35. The number of aliphatic hydroxyl groups is 1. The predicted molar refractivity (Wildman–Crippen MR) is 91.1 cm³/mol. The number of alkyl halides is 2. The Balaban J connectivity index is 1.80. The maximum absolute atomic E-state index is 13.4. The van der Waals surface area contributed by atoms with E-state index in [0.29, 0.717) is 6.54 Å². The summed E-state index contributed by atoms with van der Waals surface area (Å²) in [6.07, 6.45) is 4.06. The van der Waals surface area contributed by atoms with Crippen LogP contribution in [-0.2, 0) is 0 Å². The molecule has 1 saturated heterocycles. The SMILES string of the molecule is OCCN1CCN(C(C2=CCC(F)(F)C=C2)c2ccccc2)CC1. The average Bonchev–Trinajstić information content (AvgIpc) is 2.59. The van der Waals surface area contributed by atoms with E-state index in [9.17, 15) is 8.78 Å². The Hall–Kier alpha value is -1.56. The smallest absolute Gasteiger partial charge is 0.270 e. The summed E-state index contributed by atoms with van der Waals surface area (Å²) < 4.78 is 26.9. The van der Waals surface area contributed by atoms with Crippen LogP contribution in [0, 0.1) is 0 Å².